The quantitative estimate of drug-likeness (QED) is 0.496. The van der Waals surface area contributed by atoms with E-state index in [0.29, 0.717) is 0 Å². The van der Waals surface area contributed by atoms with E-state index >= 15 is 0 Å². The standard InChI is InChI=1S/C11H22O/c1-5-6-7-8-11(4,12)9-10(2)3/h9,12H,5-8H2,1-4H3. The molecule has 0 radical (unpaired) electrons. The SMILES string of the molecule is CCCCCC(C)(O)C=C(C)C. The first-order valence-electron chi connectivity index (χ1n) is 4.86. The maximum absolute atomic E-state index is 9.84. The molecule has 0 aromatic rings. The fourth-order valence-corrected chi connectivity index (χ4v) is 1.43. The van der Waals surface area contributed by atoms with Gasteiger partial charge >= 0.3 is 0 Å². The molecule has 0 bridgehead atoms. The third-order valence-electron chi connectivity index (χ3n) is 1.89. The van der Waals surface area contributed by atoms with Gasteiger partial charge in [0.2, 0.25) is 0 Å². The normalized spacial score (nSPS) is 15.4. The second-order valence-electron chi connectivity index (χ2n) is 4.04. The Morgan fingerprint density at radius 3 is 2.33 bits per heavy atom. The summed E-state index contributed by atoms with van der Waals surface area (Å²) in [7, 11) is 0. The fourth-order valence-electron chi connectivity index (χ4n) is 1.43. The summed E-state index contributed by atoms with van der Waals surface area (Å²) in [4.78, 5) is 0. The maximum atomic E-state index is 9.84. The summed E-state index contributed by atoms with van der Waals surface area (Å²) in [5.74, 6) is 0. The Balaban J connectivity index is 3.79. The molecule has 0 saturated heterocycles. The summed E-state index contributed by atoms with van der Waals surface area (Å²) >= 11 is 0. The fraction of sp³-hybridized carbons (Fsp3) is 0.818. The molecule has 1 nitrogen and oxygen atoms in total. The largest absolute Gasteiger partial charge is 0.386 e. The van der Waals surface area contributed by atoms with E-state index in [-0.39, 0.29) is 0 Å². The molecule has 0 spiro atoms. The van der Waals surface area contributed by atoms with Gasteiger partial charge in [0.05, 0.1) is 5.60 Å². The summed E-state index contributed by atoms with van der Waals surface area (Å²) in [6.07, 6.45) is 6.37. The molecular weight excluding hydrogens is 148 g/mol. The molecule has 72 valence electrons. The van der Waals surface area contributed by atoms with E-state index in [1.807, 2.05) is 26.8 Å². The van der Waals surface area contributed by atoms with Gasteiger partial charge in [0.1, 0.15) is 0 Å². The van der Waals surface area contributed by atoms with Gasteiger partial charge in [-0.1, -0.05) is 37.8 Å². The third kappa shape index (κ3) is 6.41. The zero-order chi connectivity index (χ0) is 9.61. The smallest absolute Gasteiger partial charge is 0.0802 e. The highest BCUT2D eigenvalue weighted by Gasteiger charge is 2.15. The molecule has 1 heteroatoms. The van der Waals surface area contributed by atoms with Crippen molar-refractivity contribution in [1.82, 2.24) is 0 Å². The van der Waals surface area contributed by atoms with Crippen LogP contribution in [-0.2, 0) is 0 Å². The van der Waals surface area contributed by atoms with Crippen LogP contribution in [0, 0.1) is 0 Å². The van der Waals surface area contributed by atoms with Crippen molar-refractivity contribution in [3.05, 3.63) is 11.6 Å². The van der Waals surface area contributed by atoms with Gasteiger partial charge in [0, 0.05) is 0 Å². The molecular formula is C11H22O. The van der Waals surface area contributed by atoms with Gasteiger partial charge in [0.25, 0.3) is 0 Å². The summed E-state index contributed by atoms with van der Waals surface area (Å²) in [5, 5.41) is 9.84. The number of rotatable bonds is 5. The van der Waals surface area contributed by atoms with Crippen molar-refractivity contribution in [3.8, 4) is 0 Å². The molecule has 0 amide bonds. The Bertz CT molecular complexity index is 141. The van der Waals surface area contributed by atoms with Crippen LogP contribution in [0.5, 0.6) is 0 Å². The number of hydrogen-bond donors (Lipinski definition) is 1. The van der Waals surface area contributed by atoms with Crippen LogP contribution in [0.2, 0.25) is 0 Å². The van der Waals surface area contributed by atoms with Crippen LogP contribution in [0.3, 0.4) is 0 Å². The second-order valence-corrected chi connectivity index (χ2v) is 4.04. The zero-order valence-corrected chi connectivity index (χ0v) is 8.85. The molecule has 0 rings (SSSR count). The zero-order valence-electron chi connectivity index (χ0n) is 8.85. The Hall–Kier alpha value is -0.300. The number of allylic oxidation sites excluding steroid dienone is 1. The minimum absolute atomic E-state index is 0.589. The molecule has 1 atom stereocenters. The predicted octanol–water partition coefficient (Wildman–Crippen LogP) is 3.28. The van der Waals surface area contributed by atoms with E-state index in [2.05, 4.69) is 6.92 Å². The molecule has 0 aromatic heterocycles. The van der Waals surface area contributed by atoms with Crippen LogP contribution >= 0.6 is 0 Å². The highest BCUT2D eigenvalue weighted by atomic mass is 16.3. The Morgan fingerprint density at radius 1 is 1.33 bits per heavy atom. The Labute approximate surface area is 76.5 Å². The predicted molar refractivity (Wildman–Crippen MR) is 54.2 cm³/mol. The van der Waals surface area contributed by atoms with Gasteiger partial charge in [-0.15, -0.1) is 0 Å². The van der Waals surface area contributed by atoms with Gasteiger partial charge in [-0.3, -0.25) is 0 Å². The first kappa shape index (κ1) is 11.7. The van der Waals surface area contributed by atoms with Gasteiger partial charge in [0.15, 0.2) is 0 Å². The van der Waals surface area contributed by atoms with Crippen molar-refractivity contribution >= 4 is 0 Å². The van der Waals surface area contributed by atoms with Crippen molar-refractivity contribution < 1.29 is 5.11 Å². The first-order chi connectivity index (χ1) is 5.48. The Morgan fingerprint density at radius 2 is 1.92 bits per heavy atom. The lowest BCUT2D eigenvalue weighted by Crippen LogP contribution is -2.20. The highest BCUT2D eigenvalue weighted by Crippen LogP contribution is 2.17. The lowest BCUT2D eigenvalue weighted by atomic mass is 9.96. The van der Waals surface area contributed by atoms with Gasteiger partial charge in [-0.2, -0.15) is 0 Å². The third-order valence-corrected chi connectivity index (χ3v) is 1.89. The number of unbranched alkanes of at least 4 members (excludes halogenated alkanes) is 2. The van der Waals surface area contributed by atoms with Crippen LogP contribution in [0.25, 0.3) is 0 Å². The molecule has 1 unspecified atom stereocenters. The van der Waals surface area contributed by atoms with Gasteiger partial charge in [-0.05, 0) is 27.2 Å². The van der Waals surface area contributed by atoms with Crippen molar-refractivity contribution in [1.29, 1.82) is 0 Å². The van der Waals surface area contributed by atoms with Crippen LogP contribution in [0.1, 0.15) is 53.4 Å². The minimum Gasteiger partial charge on any atom is -0.386 e. The molecule has 0 aliphatic heterocycles. The summed E-state index contributed by atoms with van der Waals surface area (Å²) in [6.45, 7) is 8.11. The molecule has 0 heterocycles. The molecule has 0 saturated carbocycles. The summed E-state index contributed by atoms with van der Waals surface area (Å²) in [6, 6.07) is 0. The molecule has 12 heavy (non-hydrogen) atoms. The van der Waals surface area contributed by atoms with Crippen molar-refractivity contribution in [3.63, 3.8) is 0 Å². The summed E-state index contributed by atoms with van der Waals surface area (Å²) in [5.41, 5.74) is 0.602. The van der Waals surface area contributed by atoms with E-state index in [4.69, 9.17) is 0 Å². The maximum Gasteiger partial charge on any atom is 0.0802 e. The highest BCUT2D eigenvalue weighted by molar-refractivity contribution is 5.04. The average Bonchev–Trinajstić information content (AvgIpc) is 1.84. The minimum atomic E-state index is -0.589. The van der Waals surface area contributed by atoms with Crippen LogP contribution in [-0.4, -0.2) is 10.7 Å². The van der Waals surface area contributed by atoms with E-state index in [1.54, 1.807) is 0 Å². The molecule has 0 aromatic carbocycles. The average molecular weight is 170 g/mol. The lowest BCUT2D eigenvalue weighted by molar-refractivity contribution is 0.0978. The van der Waals surface area contributed by atoms with E-state index in [1.165, 1.54) is 18.4 Å². The lowest BCUT2D eigenvalue weighted by Gasteiger charge is -2.19. The molecule has 0 fully saturated rings. The number of aliphatic hydroxyl groups is 1. The Kier molecular flexibility index (Phi) is 5.23. The van der Waals surface area contributed by atoms with Crippen molar-refractivity contribution in [2.24, 2.45) is 0 Å². The molecule has 0 aliphatic carbocycles. The van der Waals surface area contributed by atoms with Crippen LogP contribution in [0.15, 0.2) is 11.6 Å². The van der Waals surface area contributed by atoms with E-state index in [9.17, 15) is 5.11 Å². The van der Waals surface area contributed by atoms with Crippen molar-refractivity contribution in [2.45, 2.75) is 59.0 Å². The summed E-state index contributed by atoms with van der Waals surface area (Å²) < 4.78 is 0. The van der Waals surface area contributed by atoms with Gasteiger partial charge < -0.3 is 5.11 Å². The van der Waals surface area contributed by atoms with Crippen LogP contribution in [0.4, 0.5) is 0 Å². The second kappa shape index (κ2) is 5.36. The van der Waals surface area contributed by atoms with E-state index < -0.39 is 5.60 Å². The topological polar surface area (TPSA) is 20.2 Å². The molecule has 0 aliphatic rings. The number of hydrogen-bond acceptors (Lipinski definition) is 1. The monoisotopic (exact) mass is 170 g/mol. The van der Waals surface area contributed by atoms with Gasteiger partial charge in [-0.25, -0.2) is 0 Å². The van der Waals surface area contributed by atoms with Crippen LogP contribution < -0.4 is 0 Å². The van der Waals surface area contributed by atoms with E-state index in [0.717, 1.165) is 12.8 Å². The first-order valence-corrected chi connectivity index (χ1v) is 4.86. The van der Waals surface area contributed by atoms with Crippen molar-refractivity contribution in [2.75, 3.05) is 0 Å². The molecule has 1 N–H and O–H groups in total.